The number of halogens is 1. The van der Waals surface area contributed by atoms with Crippen molar-refractivity contribution in [3.8, 4) is 0 Å². The predicted octanol–water partition coefficient (Wildman–Crippen LogP) is 3.05. The number of hydrogen-bond donors (Lipinski definition) is 4. The van der Waals surface area contributed by atoms with Gasteiger partial charge in [-0.2, -0.15) is 0 Å². The predicted molar refractivity (Wildman–Crippen MR) is 133 cm³/mol. The zero-order valence-electron chi connectivity index (χ0n) is 19.1. The molecule has 1 aromatic carbocycles. The largest absolute Gasteiger partial charge is 0.481 e. The van der Waals surface area contributed by atoms with Gasteiger partial charge in [0.2, 0.25) is 0 Å². The Morgan fingerprint density at radius 3 is 2.77 bits per heavy atom. The van der Waals surface area contributed by atoms with Crippen LogP contribution in [0.5, 0.6) is 0 Å². The lowest BCUT2D eigenvalue weighted by Crippen LogP contribution is -2.55. The second-order valence-corrected chi connectivity index (χ2v) is 10.8. The number of aromatic nitrogens is 2. The summed E-state index contributed by atoms with van der Waals surface area (Å²) in [4.78, 5) is 48.7. The van der Waals surface area contributed by atoms with Gasteiger partial charge < -0.3 is 25.6 Å². The number of thiazole rings is 1. The molecular formula is C24H26ClN5O4S. The van der Waals surface area contributed by atoms with Crippen LogP contribution in [-0.4, -0.2) is 63.4 Å². The lowest BCUT2D eigenvalue weighted by atomic mass is 9.82. The van der Waals surface area contributed by atoms with Crippen LogP contribution in [0.1, 0.15) is 50.1 Å². The maximum Gasteiger partial charge on any atom is 0.306 e. The van der Waals surface area contributed by atoms with E-state index in [1.807, 2.05) is 7.05 Å². The first-order chi connectivity index (χ1) is 16.8. The minimum Gasteiger partial charge on any atom is -0.481 e. The van der Waals surface area contributed by atoms with Gasteiger partial charge in [-0.15, -0.1) is 11.3 Å². The number of H-pyrrole nitrogens is 1. The number of nitrogens with zero attached hydrogens (tertiary/aromatic N) is 2. The van der Waals surface area contributed by atoms with Gasteiger partial charge in [0.15, 0.2) is 5.01 Å². The Hall–Kier alpha value is -2.95. The van der Waals surface area contributed by atoms with Crippen molar-refractivity contribution in [3.05, 3.63) is 50.6 Å². The van der Waals surface area contributed by atoms with Crippen molar-refractivity contribution in [2.45, 2.75) is 44.3 Å². The molecule has 1 aliphatic carbocycles. The molecule has 3 heterocycles. The fraction of sp³-hybridized carbons (Fsp3) is 0.417. The van der Waals surface area contributed by atoms with Crippen molar-refractivity contribution in [2.24, 2.45) is 5.92 Å². The second kappa shape index (κ2) is 9.60. The summed E-state index contributed by atoms with van der Waals surface area (Å²) in [5.74, 6) is -2.12. The monoisotopic (exact) mass is 515 g/mol. The molecule has 3 aromatic rings. The molecule has 1 saturated carbocycles. The number of likely N-dealkylation sites (N-methyl/N-ethyl adjacent to an activating group) is 1. The number of benzene rings is 1. The molecule has 3 atom stereocenters. The van der Waals surface area contributed by atoms with E-state index in [1.54, 1.807) is 24.3 Å². The zero-order valence-corrected chi connectivity index (χ0v) is 20.7. The summed E-state index contributed by atoms with van der Waals surface area (Å²) >= 11 is 7.43. The molecule has 1 aliphatic heterocycles. The van der Waals surface area contributed by atoms with E-state index in [2.05, 4.69) is 25.5 Å². The van der Waals surface area contributed by atoms with Gasteiger partial charge in [-0.25, -0.2) is 4.98 Å². The van der Waals surface area contributed by atoms with E-state index in [9.17, 15) is 19.5 Å². The number of carbonyl (C=O) groups excluding carboxylic acids is 2. The quantitative estimate of drug-likeness (QED) is 0.413. The zero-order chi connectivity index (χ0) is 24.7. The standard InChI is InChI=1S/C24H26ClN5O4S/c1-30-7-6-17-20(11-30)35-23(29-17)22(32)28-18-9-12(24(33)34)2-4-16(18)27-21(31)19-10-13-8-14(25)3-5-15(13)26-19/h3,5,8,10,12,16,18,26H,2,4,6-7,9,11H2,1H3,(H,27,31)(H,28,32)(H,33,34). The average Bonchev–Trinajstić information content (AvgIpc) is 3.43. The van der Waals surface area contributed by atoms with Crippen molar-refractivity contribution in [3.63, 3.8) is 0 Å². The molecule has 3 unspecified atom stereocenters. The summed E-state index contributed by atoms with van der Waals surface area (Å²) in [5, 5.41) is 17.3. The van der Waals surface area contributed by atoms with Gasteiger partial charge in [0.25, 0.3) is 11.8 Å². The van der Waals surface area contributed by atoms with Crippen LogP contribution in [0, 0.1) is 5.92 Å². The number of nitrogens with one attached hydrogen (secondary N) is 3. The highest BCUT2D eigenvalue weighted by atomic mass is 35.5. The Balaban J connectivity index is 1.32. The van der Waals surface area contributed by atoms with Crippen molar-refractivity contribution in [1.82, 2.24) is 25.5 Å². The maximum absolute atomic E-state index is 13.1. The topological polar surface area (TPSA) is 127 Å². The van der Waals surface area contributed by atoms with E-state index in [0.29, 0.717) is 28.6 Å². The van der Waals surface area contributed by atoms with Crippen LogP contribution < -0.4 is 10.6 Å². The average molecular weight is 516 g/mol. The van der Waals surface area contributed by atoms with Gasteiger partial charge in [-0.3, -0.25) is 14.4 Å². The van der Waals surface area contributed by atoms with E-state index in [-0.39, 0.29) is 18.2 Å². The molecule has 2 amide bonds. The Bertz CT molecular complexity index is 1300. The van der Waals surface area contributed by atoms with E-state index < -0.39 is 24.0 Å². The summed E-state index contributed by atoms with van der Waals surface area (Å²) in [6, 6.07) is 6.12. The summed E-state index contributed by atoms with van der Waals surface area (Å²) in [7, 11) is 2.03. The van der Waals surface area contributed by atoms with Gasteiger partial charge in [0, 0.05) is 46.4 Å². The van der Waals surface area contributed by atoms with Crippen molar-refractivity contribution in [2.75, 3.05) is 13.6 Å². The van der Waals surface area contributed by atoms with Crippen LogP contribution in [0.4, 0.5) is 0 Å². The molecule has 9 nitrogen and oxygen atoms in total. The first kappa shape index (κ1) is 23.8. The van der Waals surface area contributed by atoms with Gasteiger partial charge in [-0.05, 0) is 50.6 Å². The number of fused-ring (bicyclic) bond motifs is 2. The van der Waals surface area contributed by atoms with Gasteiger partial charge in [-0.1, -0.05) is 11.6 Å². The molecule has 0 bridgehead atoms. The van der Waals surface area contributed by atoms with Crippen LogP contribution in [0.3, 0.4) is 0 Å². The molecule has 11 heteroatoms. The molecule has 0 saturated heterocycles. The Morgan fingerprint density at radius 2 is 1.97 bits per heavy atom. The summed E-state index contributed by atoms with van der Waals surface area (Å²) < 4.78 is 0. The van der Waals surface area contributed by atoms with Gasteiger partial charge >= 0.3 is 5.97 Å². The number of hydrogen-bond acceptors (Lipinski definition) is 6. The number of aliphatic carboxylic acids is 1. The van der Waals surface area contributed by atoms with Crippen LogP contribution in [0.25, 0.3) is 10.9 Å². The summed E-state index contributed by atoms with van der Waals surface area (Å²) in [6.07, 6.45) is 1.91. The smallest absolute Gasteiger partial charge is 0.306 e. The van der Waals surface area contributed by atoms with Gasteiger partial charge in [0.1, 0.15) is 5.69 Å². The minimum absolute atomic E-state index is 0.238. The first-order valence-corrected chi connectivity index (χ1v) is 12.8. The molecule has 0 radical (unpaired) electrons. The summed E-state index contributed by atoms with van der Waals surface area (Å²) in [5.41, 5.74) is 2.12. The normalized spacial score (nSPS) is 22.5. The fourth-order valence-corrected chi connectivity index (χ4v) is 6.12. The third kappa shape index (κ3) is 5.05. The number of carbonyl (C=O) groups is 3. The highest BCUT2D eigenvalue weighted by Crippen LogP contribution is 2.28. The third-order valence-corrected chi connectivity index (χ3v) is 8.09. The fourth-order valence-electron chi connectivity index (χ4n) is 4.85. The minimum atomic E-state index is -0.894. The third-order valence-electron chi connectivity index (χ3n) is 6.78. The number of carboxylic acid groups (broad SMARTS) is 1. The molecule has 2 aromatic heterocycles. The van der Waals surface area contributed by atoms with E-state index >= 15 is 0 Å². The van der Waals surface area contributed by atoms with Crippen LogP contribution in [0.2, 0.25) is 5.02 Å². The first-order valence-electron chi connectivity index (χ1n) is 11.6. The lowest BCUT2D eigenvalue weighted by molar-refractivity contribution is -0.143. The number of rotatable bonds is 5. The SMILES string of the molecule is CN1CCc2nc(C(=O)NC3CC(C(=O)O)CCC3NC(=O)c3cc4cc(Cl)ccc4[nH]3)sc2C1. The van der Waals surface area contributed by atoms with Crippen molar-refractivity contribution >= 4 is 51.6 Å². The van der Waals surface area contributed by atoms with E-state index in [1.165, 1.54) is 11.3 Å². The van der Waals surface area contributed by atoms with Crippen molar-refractivity contribution < 1.29 is 19.5 Å². The molecule has 35 heavy (non-hydrogen) atoms. The number of carboxylic acids is 1. The molecule has 4 N–H and O–H groups in total. The Kier molecular flexibility index (Phi) is 6.52. The Labute approximate surface area is 210 Å². The van der Waals surface area contributed by atoms with Crippen LogP contribution in [-0.2, 0) is 17.8 Å². The van der Waals surface area contributed by atoms with Crippen LogP contribution in [0.15, 0.2) is 24.3 Å². The lowest BCUT2D eigenvalue weighted by Gasteiger charge is -2.35. The number of aromatic amines is 1. The highest BCUT2D eigenvalue weighted by molar-refractivity contribution is 7.13. The summed E-state index contributed by atoms with van der Waals surface area (Å²) in [6.45, 7) is 1.66. The molecule has 2 aliphatic rings. The highest BCUT2D eigenvalue weighted by Gasteiger charge is 2.36. The molecule has 5 rings (SSSR count). The number of amides is 2. The van der Waals surface area contributed by atoms with Gasteiger partial charge in [0.05, 0.1) is 17.7 Å². The molecular weight excluding hydrogens is 490 g/mol. The molecule has 1 fully saturated rings. The van der Waals surface area contributed by atoms with E-state index in [0.717, 1.165) is 41.0 Å². The molecule has 184 valence electrons. The van der Waals surface area contributed by atoms with Crippen molar-refractivity contribution in [1.29, 1.82) is 0 Å². The van der Waals surface area contributed by atoms with E-state index in [4.69, 9.17) is 11.6 Å². The Morgan fingerprint density at radius 1 is 1.17 bits per heavy atom. The van der Waals surface area contributed by atoms with Crippen LogP contribution >= 0.6 is 22.9 Å². The molecule has 0 spiro atoms. The maximum atomic E-state index is 13.1. The second-order valence-electron chi connectivity index (χ2n) is 9.30.